The normalized spacial score (nSPS) is 10.3. The van der Waals surface area contributed by atoms with E-state index in [2.05, 4.69) is 15.5 Å². The maximum absolute atomic E-state index is 11.3. The second kappa shape index (κ2) is 5.15. The summed E-state index contributed by atoms with van der Waals surface area (Å²) in [4.78, 5) is 12.3. The molecular formula is C9H10N4OS2. The average molecular weight is 254 g/mol. The quantitative estimate of drug-likeness (QED) is 0.867. The highest BCUT2D eigenvalue weighted by atomic mass is 32.1. The molecule has 0 aliphatic carbocycles. The Labute approximate surface area is 100 Å². The number of thiophene rings is 1. The van der Waals surface area contributed by atoms with Crippen molar-refractivity contribution in [2.24, 2.45) is 5.73 Å². The first-order valence-corrected chi connectivity index (χ1v) is 6.36. The molecule has 0 fully saturated rings. The van der Waals surface area contributed by atoms with Crippen molar-refractivity contribution >= 4 is 33.7 Å². The predicted octanol–water partition coefficient (Wildman–Crippen LogP) is 1.55. The zero-order chi connectivity index (χ0) is 11.4. The Balaban J connectivity index is 2.06. The molecule has 84 valence electrons. The number of hydrogen-bond donors (Lipinski definition) is 2. The minimum absolute atomic E-state index is 0.128. The first-order chi connectivity index (χ1) is 7.79. The standard InChI is InChI=1S/C9H10N4OS2/c10-4-3-7(14)11-9-13-12-8(16-9)6-2-1-5-15-6/h1-2,5H,3-4,10H2,(H,11,13,14). The molecule has 0 radical (unpaired) electrons. The lowest BCUT2D eigenvalue weighted by Gasteiger charge is -1.96. The number of amides is 1. The molecule has 0 spiro atoms. The molecule has 1 amide bonds. The Kier molecular flexibility index (Phi) is 3.60. The summed E-state index contributed by atoms with van der Waals surface area (Å²) in [6.07, 6.45) is 0.300. The van der Waals surface area contributed by atoms with Gasteiger partial charge < -0.3 is 11.1 Å². The molecule has 7 heteroatoms. The molecule has 0 unspecified atom stereocenters. The van der Waals surface area contributed by atoms with Crippen molar-refractivity contribution in [3.05, 3.63) is 17.5 Å². The SMILES string of the molecule is NCCC(=O)Nc1nnc(-c2cccs2)s1. The number of anilines is 1. The van der Waals surface area contributed by atoms with Crippen molar-refractivity contribution in [1.82, 2.24) is 10.2 Å². The summed E-state index contributed by atoms with van der Waals surface area (Å²) in [5.41, 5.74) is 5.27. The predicted molar refractivity (Wildman–Crippen MR) is 65.5 cm³/mol. The lowest BCUT2D eigenvalue weighted by molar-refractivity contribution is -0.116. The molecular weight excluding hydrogens is 244 g/mol. The molecule has 0 aromatic carbocycles. The third-order valence-electron chi connectivity index (χ3n) is 1.77. The second-order valence-corrected chi connectivity index (χ2v) is 4.90. The molecule has 0 aliphatic heterocycles. The maximum atomic E-state index is 11.3. The summed E-state index contributed by atoms with van der Waals surface area (Å²) in [6, 6.07) is 3.92. The van der Waals surface area contributed by atoms with Gasteiger partial charge >= 0.3 is 0 Å². The maximum Gasteiger partial charge on any atom is 0.227 e. The topological polar surface area (TPSA) is 80.9 Å². The Morgan fingerprint density at radius 2 is 2.38 bits per heavy atom. The van der Waals surface area contributed by atoms with E-state index in [1.807, 2.05) is 17.5 Å². The Bertz CT molecular complexity index is 466. The lowest BCUT2D eigenvalue weighted by atomic mass is 10.4. The van der Waals surface area contributed by atoms with E-state index < -0.39 is 0 Å². The molecule has 3 N–H and O–H groups in total. The van der Waals surface area contributed by atoms with Gasteiger partial charge in [0.25, 0.3) is 0 Å². The fourth-order valence-corrected chi connectivity index (χ4v) is 2.64. The highest BCUT2D eigenvalue weighted by molar-refractivity contribution is 7.23. The summed E-state index contributed by atoms with van der Waals surface area (Å²) < 4.78 is 0. The fraction of sp³-hybridized carbons (Fsp3) is 0.222. The Morgan fingerprint density at radius 3 is 3.06 bits per heavy atom. The monoisotopic (exact) mass is 254 g/mol. The Hall–Kier alpha value is -1.31. The largest absolute Gasteiger partial charge is 0.330 e. The third kappa shape index (κ3) is 2.63. The van der Waals surface area contributed by atoms with Gasteiger partial charge in [0, 0.05) is 13.0 Å². The fourth-order valence-electron chi connectivity index (χ4n) is 1.09. The van der Waals surface area contributed by atoms with Crippen LogP contribution in [0.2, 0.25) is 0 Å². The zero-order valence-electron chi connectivity index (χ0n) is 8.34. The molecule has 0 atom stereocenters. The van der Waals surface area contributed by atoms with E-state index in [9.17, 15) is 4.79 Å². The summed E-state index contributed by atoms with van der Waals surface area (Å²) in [5, 5.41) is 13.9. The van der Waals surface area contributed by atoms with Crippen LogP contribution in [-0.2, 0) is 4.79 Å². The van der Waals surface area contributed by atoms with Crippen molar-refractivity contribution in [3.63, 3.8) is 0 Å². The van der Waals surface area contributed by atoms with Crippen molar-refractivity contribution in [1.29, 1.82) is 0 Å². The van der Waals surface area contributed by atoms with Gasteiger partial charge in [0.2, 0.25) is 11.0 Å². The van der Waals surface area contributed by atoms with Crippen LogP contribution in [-0.4, -0.2) is 22.6 Å². The van der Waals surface area contributed by atoms with Crippen molar-refractivity contribution in [2.45, 2.75) is 6.42 Å². The molecule has 0 bridgehead atoms. The molecule has 0 saturated heterocycles. The third-order valence-corrected chi connectivity index (χ3v) is 3.65. The van der Waals surface area contributed by atoms with Crippen LogP contribution in [0.15, 0.2) is 17.5 Å². The number of carbonyl (C=O) groups excluding carboxylic acids is 1. The van der Waals surface area contributed by atoms with E-state index in [0.717, 1.165) is 9.88 Å². The van der Waals surface area contributed by atoms with Gasteiger partial charge in [-0.25, -0.2) is 0 Å². The number of nitrogens with two attached hydrogens (primary N) is 1. The summed E-state index contributed by atoms with van der Waals surface area (Å²) >= 11 is 2.95. The van der Waals surface area contributed by atoms with Gasteiger partial charge in [-0.3, -0.25) is 4.79 Å². The highest BCUT2D eigenvalue weighted by Gasteiger charge is 2.09. The number of rotatable bonds is 4. The van der Waals surface area contributed by atoms with Crippen molar-refractivity contribution in [3.8, 4) is 9.88 Å². The van der Waals surface area contributed by atoms with Crippen LogP contribution >= 0.6 is 22.7 Å². The van der Waals surface area contributed by atoms with Gasteiger partial charge in [0.1, 0.15) is 0 Å². The first kappa shape index (κ1) is 11.2. The molecule has 2 heterocycles. The summed E-state index contributed by atoms with van der Waals surface area (Å²) in [7, 11) is 0. The summed E-state index contributed by atoms with van der Waals surface area (Å²) in [6.45, 7) is 0.336. The number of carbonyl (C=O) groups is 1. The van der Waals surface area contributed by atoms with Crippen molar-refractivity contribution in [2.75, 3.05) is 11.9 Å². The minimum atomic E-state index is -0.128. The van der Waals surface area contributed by atoms with Gasteiger partial charge in [-0.15, -0.1) is 21.5 Å². The molecule has 5 nitrogen and oxygen atoms in total. The van der Waals surface area contributed by atoms with Crippen LogP contribution in [0.5, 0.6) is 0 Å². The molecule has 0 aliphatic rings. The van der Waals surface area contributed by atoms with Crippen LogP contribution in [0.3, 0.4) is 0 Å². The summed E-state index contributed by atoms with van der Waals surface area (Å²) in [5.74, 6) is -0.128. The van der Waals surface area contributed by atoms with E-state index in [1.54, 1.807) is 11.3 Å². The number of nitrogens with one attached hydrogen (secondary N) is 1. The minimum Gasteiger partial charge on any atom is -0.330 e. The van der Waals surface area contributed by atoms with Gasteiger partial charge in [-0.1, -0.05) is 17.4 Å². The van der Waals surface area contributed by atoms with Crippen molar-refractivity contribution < 1.29 is 4.79 Å². The Morgan fingerprint density at radius 1 is 1.50 bits per heavy atom. The highest BCUT2D eigenvalue weighted by Crippen LogP contribution is 2.29. The smallest absolute Gasteiger partial charge is 0.227 e. The van der Waals surface area contributed by atoms with E-state index >= 15 is 0 Å². The zero-order valence-corrected chi connectivity index (χ0v) is 9.98. The number of aromatic nitrogens is 2. The van der Waals surface area contributed by atoms with Crippen LogP contribution in [0, 0.1) is 0 Å². The van der Waals surface area contributed by atoms with E-state index in [0.29, 0.717) is 18.1 Å². The van der Waals surface area contributed by atoms with Crippen LogP contribution in [0.1, 0.15) is 6.42 Å². The lowest BCUT2D eigenvalue weighted by Crippen LogP contribution is -2.15. The average Bonchev–Trinajstić information content (AvgIpc) is 2.86. The van der Waals surface area contributed by atoms with Gasteiger partial charge in [0.15, 0.2) is 5.01 Å². The van der Waals surface area contributed by atoms with Crippen LogP contribution in [0.25, 0.3) is 9.88 Å². The van der Waals surface area contributed by atoms with Gasteiger partial charge in [-0.05, 0) is 11.4 Å². The van der Waals surface area contributed by atoms with E-state index in [4.69, 9.17) is 5.73 Å². The van der Waals surface area contributed by atoms with Crippen LogP contribution in [0.4, 0.5) is 5.13 Å². The molecule has 16 heavy (non-hydrogen) atoms. The van der Waals surface area contributed by atoms with Gasteiger partial charge in [0.05, 0.1) is 4.88 Å². The molecule has 2 rings (SSSR count). The van der Waals surface area contributed by atoms with Gasteiger partial charge in [-0.2, -0.15) is 0 Å². The molecule has 0 saturated carbocycles. The first-order valence-electron chi connectivity index (χ1n) is 4.67. The number of hydrogen-bond acceptors (Lipinski definition) is 6. The second-order valence-electron chi connectivity index (χ2n) is 2.98. The van der Waals surface area contributed by atoms with Crippen LogP contribution < -0.4 is 11.1 Å². The molecule has 2 aromatic rings. The molecule has 2 aromatic heterocycles. The van der Waals surface area contributed by atoms with E-state index in [-0.39, 0.29) is 5.91 Å². The number of nitrogens with zero attached hydrogens (tertiary/aromatic N) is 2. The van der Waals surface area contributed by atoms with E-state index in [1.165, 1.54) is 11.3 Å².